The number of aromatic nitrogens is 1. The van der Waals surface area contributed by atoms with Crippen molar-refractivity contribution >= 4 is 23.3 Å². The van der Waals surface area contributed by atoms with Gasteiger partial charge in [-0.2, -0.15) is 0 Å². The SMILES string of the molecule is COc1cc(C(C)=C/C=C/C=C/C=C/c2[nH]ccc2Cl)oc(=O)c1C. The lowest BCUT2D eigenvalue weighted by Gasteiger charge is -2.05. The van der Waals surface area contributed by atoms with Crippen molar-refractivity contribution in [3.05, 3.63) is 87.2 Å². The van der Waals surface area contributed by atoms with E-state index < -0.39 is 0 Å². The molecule has 0 aromatic carbocycles. The molecule has 0 aliphatic heterocycles. The van der Waals surface area contributed by atoms with Crippen LogP contribution in [0.1, 0.15) is 23.9 Å². The van der Waals surface area contributed by atoms with Gasteiger partial charge in [0.2, 0.25) is 0 Å². The van der Waals surface area contributed by atoms with Crippen molar-refractivity contribution < 1.29 is 9.15 Å². The molecular formula is C20H20ClNO3. The third kappa shape index (κ3) is 5.13. The molecule has 0 unspecified atom stereocenters. The maximum Gasteiger partial charge on any atom is 0.342 e. The number of aromatic amines is 1. The maximum atomic E-state index is 11.8. The number of hydrogen-bond acceptors (Lipinski definition) is 3. The third-order valence-electron chi connectivity index (χ3n) is 3.53. The molecule has 130 valence electrons. The smallest absolute Gasteiger partial charge is 0.342 e. The Morgan fingerprint density at radius 3 is 2.64 bits per heavy atom. The van der Waals surface area contributed by atoms with Crippen molar-refractivity contribution in [2.75, 3.05) is 7.11 Å². The van der Waals surface area contributed by atoms with Gasteiger partial charge in [0.1, 0.15) is 11.5 Å². The molecule has 2 heterocycles. The highest BCUT2D eigenvalue weighted by Crippen LogP contribution is 2.20. The summed E-state index contributed by atoms with van der Waals surface area (Å²) in [6.45, 7) is 3.54. The molecule has 0 aliphatic carbocycles. The summed E-state index contributed by atoms with van der Waals surface area (Å²) in [5, 5.41) is 0.689. The van der Waals surface area contributed by atoms with E-state index in [1.54, 1.807) is 25.3 Å². The van der Waals surface area contributed by atoms with Crippen molar-refractivity contribution in [2.24, 2.45) is 0 Å². The Hall–Kier alpha value is -2.72. The Bertz CT molecular complexity index is 898. The predicted molar refractivity (Wildman–Crippen MR) is 103 cm³/mol. The lowest BCUT2D eigenvalue weighted by atomic mass is 10.1. The second-order valence-electron chi connectivity index (χ2n) is 5.31. The first kappa shape index (κ1) is 18.6. The van der Waals surface area contributed by atoms with Crippen LogP contribution < -0.4 is 10.4 Å². The van der Waals surface area contributed by atoms with Crippen LogP contribution >= 0.6 is 11.6 Å². The molecule has 0 saturated heterocycles. The number of H-pyrrole nitrogens is 1. The second kappa shape index (κ2) is 8.94. The van der Waals surface area contributed by atoms with Crippen molar-refractivity contribution in [1.29, 1.82) is 0 Å². The number of rotatable bonds is 6. The maximum absolute atomic E-state index is 11.8. The minimum atomic E-state index is -0.390. The molecule has 0 atom stereocenters. The molecule has 5 heteroatoms. The number of nitrogens with one attached hydrogen (secondary N) is 1. The molecule has 1 N–H and O–H groups in total. The van der Waals surface area contributed by atoms with E-state index in [9.17, 15) is 4.79 Å². The fourth-order valence-corrected chi connectivity index (χ4v) is 2.24. The summed E-state index contributed by atoms with van der Waals surface area (Å²) in [6, 6.07) is 3.52. The summed E-state index contributed by atoms with van der Waals surface area (Å²) in [5.74, 6) is 1.01. The molecule has 4 nitrogen and oxygen atoms in total. The van der Waals surface area contributed by atoms with E-state index in [-0.39, 0.29) is 5.63 Å². The Morgan fingerprint density at radius 2 is 1.96 bits per heavy atom. The Labute approximate surface area is 151 Å². The molecule has 0 spiro atoms. The van der Waals surface area contributed by atoms with Gasteiger partial charge < -0.3 is 14.1 Å². The minimum absolute atomic E-state index is 0.390. The zero-order chi connectivity index (χ0) is 18.2. The van der Waals surface area contributed by atoms with E-state index >= 15 is 0 Å². The van der Waals surface area contributed by atoms with Crippen molar-refractivity contribution in [2.45, 2.75) is 13.8 Å². The highest BCUT2D eigenvalue weighted by atomic mass is 35.5. The second-order valence-corrected chi connectivity index (χ2v) is 5.72. The fourth-order valence-electron chi connectivity index (χ4n) is 2.06. The van der Waals surface area contributed by atoms with Gasteiger partial charge in [-0.25, -0.2) is 4.79 Å². The van der Waals surface area contributed by atoms with Crippen molar-refractivity contribution in [3.63, 3.8) is 0 Å². The average Bonchev–Trinajstić information content (AvgIpc) is 3.01. The van der Waals surface area contributed by atoms with Gasteiger partial charge in [0.15, 0.2) is 0 Å². The van der Waals surface area contributed by atoms with E-state index in [0.29, 0.717) is 22.1 Å². The van der Waals surface area contributed by atoms with Crippen LogP contribution in [0, 0.1) is 6.92 Å². The quantitative estimate of drug-likeness (QED) is 0.726. The van der Waals surface area contributed by atoms with E-state index in [1.807, 2.05) is 49.5 Å². The molecule has 0 fully saturated rings. The highest BCUT2D eigenvalue weighted by Gasteiger charge is 2.08. The van der Waals surface area contributed by atoms with E-state index in [4.69, 9.17) is 20.8 Å². The third-order valence-corrected chi connectivity index (χ3v) is 3.86. The van der Waals surface area contributed by atoms with Crippen molar-refractivity contribution in [3.8, 4) is 5.75 Å². The first-order valence-corrected chi connectivity index (χ1v) is 8.11. The van der Waals surface area contributed by atoms with Gasteiger partial charge in [-0.15, -0.1) is 0 Å². The van der Waals surface area contributed by atoms with Gasteiger partial charge in [0.05, 0.1) is 23.4 Å². The van der Waals surface area contributed by atoms with Crippen molar-refractivity contribution in [1.82, 2.24) is 4.98 Å². The fraction of sp³-hybridized carbons (Fsp3) is 0.150. The van der Waals surface area contributed by atoms with Crippen LogP contribution in [0.4, 0.5) is 0 Å². The number of halogens is 1. The summed E-state index contributed by atoms with van der Waals surface area (Å²) >= 11 is 5.97. The highest BCUT2D eigenvalue weighted by molar-refractivity contribution is 6.31. The van der Waals surface area contributed by atoms with Crippen LogP contribution in [0.5, 0.6) is 5.75 Å². The van der Waals surface area contributed by atoms with Gasteiger partial charge in [-0.05, 0) is 31.6 Å². The zero-order valence-corrected chi connectivity index (χ0v) is 15.1. The van der Waals surface area contributed by atoms with Crippen LogP contribution in [0.3, 0.4) is 0 Å². The molecular weight excluding hydrogens is 338 g/mol. The summed E-state index contributed by atoms with van der Waals surface area (Å²) in [4.78, 5) is 14.8. The molecule has 2 aromatic heterocycles. The molecule has 0 amide bonds. The zero-order valence-electron chi connectivity index (χ0n) is 14.4. The molecule has 0 saturated carbocycles. The molecule has 2 aromatic rings. The molecule has 0 bridgehead atoms. The van der Waals surface area contributed by atoms with Gasteiger partial charge >= 0.3 is 5.63 Å². The van der Waals surface area contributed by atoms with E-state index in [2.05, 4.69) is 4.98 Å². The molecule has 2 rings (SSSR count). The Morgan fingerprint density at radius 1 is 1.24 bits per heavy atom. The standard InChI is InChI=1S/C20H20ClNO3/c1-14(18-13-19(24-3)15(2)20(23)25-18)9-7-5-4-6-8-10-17-16(21)11-12-22-17/h4-13,22H,1-3H3/b6-4+,7-5+,10-8+,14-9?. The molecule has 25 heavy (non-hydrogen) atoms. The van der Waals surface area contributed by atoms with E-state index in [0.717, 1.165) is 11.3 Å². The van der Waals surface area contributed by atoms with Crippen LogP contribution in [0.15, 0.2) is 64.0 Å². The normalized spacial score (nSPS) is 12.7. The lowest BCUT2D eigenvalue weighted by molar-refractivity contribution is 0.395. The summed E-state index contributed by atoms with van der Waals surface area (Å²) in [5.41, 5.74) is 1.77. The summed E-state index contributed by atoms with van der Waals surface area (Å²) in [7, 11) is 1.53. The van der Waals surface area contributed by atoms with Crippen LogP contribution in [0.2, 0.25) is 5.02 Å². The Balaban J connectivity index is 2.01. The summed E-state index contributed by atoms with van der Waals surface area (Å²) in [6.07, 6.45) is 15.0. The van der Waals surface area contributed by atoms with E-state index in [1.165, 1.54) is 7.11 Å². The number of allylic oxidation sites excluding steroid dienone is 7. The van der Waals surface area contributed by atoms with Gasteiger partial charge in [-0.1, -0.05) is 48.1 Å². The number of methoxy groups -OCH3 is 1. The predicted octanol–water partition coefficient (Wildman–Crippen LogP) is 5.17. The molecule has 0 aliphatic rings. The van der Waals surface area contributed by atoms with Gasteiger partial charge in [-0.3, -0.25) is 0 Å². The first-order valence-electron chi connectivity index (χ1n) is 7.73. The largest absolute Gasteiger partial charge is 0.496 e. The van der Waals surface area contributed by atoms with Gasteiger partial charge in [0.25, 0.3) is 0 Å². The molecule has 0 radical (unpaired) electrons. The van der Waals surface area contributed by atoms with Crippen LogP contribution in [-0.4, -0.2) is 12.1 Å². The number of hydrogen-bond donors (Lipinski definition) is 1. The lowest BCUT2D eigenvalue weighted by Crippen LogP contribution is -2.06. The minimum Gasteiger partial charge on any atom is -0.496 e. The first-order chi connectivity index (χ1) is 12.0. The number of ether oxygens (including phenoxy) is 1. The topological polar surface area (TPSA) is 55.2 Å². The Kier molecular flexibility index (Phi) is 6.66. The van der Waals surface area contributed by atoms with Crippen LogP contribution in [-0.2, 0) is 0 Å². The average molecular weight is 358 g/mol. The monoisotopic (exact) mass is 357 g/mol. The van der Waals surface area contributed by atoms with Gasteiger partial charge in [0, 0.05) is 12.3 Å². The summed E-state index contributed by atoms with van der Waals surface area (Å²) < 4.78 is 10.5. The van der Waals surface area contributed by atoms with Crippen LogP contribution in [0.25, 0.3) is 11.6 Å².